The van der Waals surface area contributed by atoms with Crippen LogP contribution in [0.4, 0.5) is 0 Å². The third-order valence-electron chi connectivity index (χ3n) is 4.23. The zero-order valence-corrected chi connectivity index (χ0v) is 12.1. The van der Waals surface area contributed by atoms with E-state index in [2.05, 4.69) is 36.5 Å². The van der Waals surface area contributed by atoms with Gasteiger partial charge in [-0.05, 0) is 49.4 Å². The van der Waals surface area contributed by atoms with Crippen LogP contribution in [0.25, 0.3) is 0 Å². The van der Waals surface area contributed by atoms with Gasteiger partial charge >= 0.3 is 0 Å². The quantitative estimate of drug-likeness (QED) is 0.875. The lowest BCUT2D eigenvalue weighted by atomic mass is 9.87. The number of carbonyl (C=O) groups is 1. The molecule has 1 saturated heterocycles. The van der Waals surface area contributed by atoms with Crippen molar-refractivity contribution in [3.8, 4) is 0 Å². The summed E-state index contributed by atoms with van der Waals surface area (Å²) in [5.41, 5.74) is 2.59. The lowest BCUT2D eigenvalue weighted by Crippen LogP contribution is -2.26. The molecule has 1 heterocycles. The molecule has 2 nitrogen and oxygen atoms in total. The number of hydrogen-bond acceptors (Lipinski definition) is 2. The highest BCUT2D eigenvalue weighted by Gasteiger charge is 2.17. The summed E-state index contributed by atoms with van der Waals surface area (Å²) >= 11 is 0. The van der Waals surface area contributed by atoms with E-state index in [1.807, 2.05) is 6.92 Å². The minimum Gasteiger partial charge on any atom is -0.317 e. The fourth-order valence-electron chi connectivity index (χ4n) is 2.86. The average molecular weight is 259 g/mol. The zero-order valence-electron chi connectivity index (χ0n) is 12.1. The van der Waals surface area contributed by atoms with E-state index in [1.54, 1.807) is 0 Å². The standard InChI is InChI=1S/C17H25NO/c1-3-4-17(19)13(2)14-5-7-15(8-6-14)16-9-11-18-12-10-16/h5-8,13,16,18H,3-4,9-12H2,1-2H3. The maximum Gasteiger partial charge on any atom is 0.140 e. The van der Waals surface area contributed by atoms with Gasteiger partial charge in [-0.1, -0.05) is 38.1 Å². The number of carbonyl (C=O) groups excluding carboxylic acids is 1. The Kier molecular flexibility index (Phi) is 5.15. The van der Waals surface area contributed by atoms with Crippen molar-refractivity contribution in [2.75, 3.05) is 13.1 Å². The van der Waals surface area contributed by atoms with E-state index in [4.69, 9.17) is 0 Å². The molecule has 104 valence electrons. The molecular formula is C17H25NO. The molecule has 2 heteroatoms. The molecule has 1 aromatic carbocycles. The van der Waals surface area contributed by atoms with Gasteiger partial charge in [0.2, 0.25) is 0 Å². The smallest absolute Gasteiger partial charge is 0.140 e. The molecular weight excluding hydrogens is 234 g/mol. The monoisotopic (exact) mass is 259 g/mol. The Morgan fingerprint density at radius 3 is 2.47 bits per heavy atom. The fraction of sp³-hybridized carbons (Fsp3) is 0.588. The number of ketones is 1. The average Bonchev–Trinajstić information content (AvgIpc) is 2.48. The van der Waals surface area contributed by atoms with Crippen LogP contribution < -0.4 is 5.32 Å². The molecule has 0 spiro atoms. The zero-order chi connectivity index (χ0) is 13.7. The molecule has 1 atom stereocenters. The van der Waals surface area contributed by atoms with Gasteiger partial charge in [0.25, 0.3) is 0 Å². The topological polar surface area (TPSA) is 29.1 Å². The van der Waals surface area contributed by atoms with Gasteiger partial charge in [0.05, 0.1) is 0 Å². The first-order valence-corrected chi connectivity index (χ1v) is 7.55. The van der Waals surface area contributed by atoms with E-state index in [-0.39, 0.29) is 5.92 Å². The van der Waals surface area contributed by atoms with Crippen LogP contribution in [0.2, 0.25) is 0 Å². The summed E-state index contributed by atoms with van der Waals surface area (Å²) in [6.07, 6.45) is 4.08. The molecule has 19 heavy (non-hydrogen) atoms. The van der Waals surface area contributed by atoms with Gasteiger partial charge in [-0.3, -0.25) is 4.79 Å². The first kappa shape index (κ1) is 14.3. The number of nitrogens with one attached hydrogen (secondary N) is 1. The Labute approximate surface area is 116 Å². The van der Waals surface area contributed by atoms with Gasteiger partial charge < -0.3 is 5.32 Å². The Morgan fingerprint density at radius 2 is 1.89 bits per heavy atom. The van der Waals surface area contributed by atoms with Gasteiger partial charge in [0.1, 0.15) is 5.78 Å². The van der Waals surface area contributed by atoms with E-state index in [0.29, 0.717) is 18.1 Å². The molecule has 0 bridgehead atoms. The van der Waals surface area contributed by atoms with Crippen LogP contribution in [0, 0.1) is 0 Å². The summed E-state index contributed by atoms with van der Waals surface area (Å²) < 4.78 is 0. The predicted octanol–water partition coefficient (Wildman–Crippen LogP) is 3.63. The summed E-state index contributed by atoms with van der Waals surface area (Å²) in [5, 5.41) is 3.40. The maximum atomic E-state index is 11.9. The molecule has 1 N–H and O–H groups in total. The number of Topliss-reactive ketones (excluding diaryl/α,β-unsaturated/α-hetero) is 1. The third-order valence-corrected chi connectivity index (χ3v) is 4.23. The summed E-state index contributed by atoms with van der Waals surface area (Å²) in [5.74, 6) is 1.09. The van der Waals surface area contributed by atoms with E-state index < -0.39 is 0 Å². The number of benzene rings is 1. The van der Waals surface area contributed by atoms with Crippen molar-refractivity contribution in [2.24, 2.45) is 0 Å². The Balaban J connectivity index is 2.03. The highest BCUT2D eigenvalue weighted by Crippen LogP contribution is 2.27. The van der Waals surface area contributed by atoms with Crippen LogP contribution in [0.1, 0.15) is 62.5 Å². The highest BCUT2D eigenvalue weighted by atomic mass is 16.1. The third kappa shape index (κ3) is 3.66. The SMILES string of the molecule is CCCC(=O)C(C)c1ccc(C2CCNCC2)cc1. The largest absolute Gasteiger partial charge is 0.317 e. The Hall–Kier alpha value is -1.15. The highest BCUT2D eigenvalue weighted by molar-refractivity contribution is 5.85. The van der Waals surface area contributed by atoms with E-state index in [1.165, 1.54) is 18.4 Å². The molecule has 2 rings (SSSR count). The van der Waals surface area contributed by atoms with Crippen molar-refractivity contribution in [3.05, 3.63) is 35.4 Å². The number of hydrogen-bond donors (Lipinski definition) is 1. The van der Waals surface area contributed by atoms with Crippen LogP contribution in [0.5, 0.6) is 0 Å². The van der Waals surface area contributed by atoms with E-state index >= 15 is 0 Å². The lowest BCUT2D eigenvalue weighted by Gasteiger charge is -2.23. The van der Waals surface area contributed by atoms with Crippen molar-refractivity contribution >= 4 is 5.78 Å². The minimum absolute atomic E-state index is 0.0435. The Bertz CT molecular complexity index is 404. The molecule has 1 fully saturated rings. The fourth-order valence-corrected chi connectivity index (χ4v) is 2.86. The first-order valence-electron chi connectivity index (χ1n) is 7.55. The molecule has 1 aliphatic rings. The van der Waals surface area contributed by atoms with Crippen LogP contribution in [-0.2, 0) is 4.79 Å². The number of piperidine rings is 1. The summed E-state index contributed by atoms with van der Waals surface area (Å²) in [6, 6.07) is 8.74. The van der Waals surface area contributed by atoms with Crippen LogP contribution in [-0.4, -0.2) is 18.9 Å². The van der Waals surface area contributed by atoms with E-state index in [9.17, 15) is 4.79 Å². The summed E-state index contributed by atoms with van der Waals surface area (Å²) in [7, 11) is 0. The second kappa shape index (κ2) is 6.85. The van der Waals surface area contributed by atoms with Crippen molar-refractivity contribution < 1.29 is 4.79 Å². The normalized spacial score (nSPS) is 18.2. The molecule has 1 unspecified atom stereocenters. The molecule has 1 aliphatic heterocycles. The lowest BCUT2D eigenvalue weighted by molar-refractivity contribution is -0.120. The first-order chi connectivity index (χ1) is 9.22. The molecule has 0 aromatic heterocycles. The molecule has 1 aromatic rings. The molecule has 0 saturated carbocycles. The van der Waals surface area contributed by atoms with Gasteiger partial charge in [0.15, 0.2) is 0 Å². The second-order valence-corrected chi connectivity index (χ2v) is 5.63. The van der Waals surface area contributed by atoms with Crippen LogP contribution >= 0.6 is 0 Å². The summed E-state index contributed by atoms with van der Waals surface area (Å²) in [4.78, 5) is 11.9. The van der Waals surface area contributed by atoms with Crippen molar-refractivity contribution in [1.82, 2.24) is 5.32 Å². The van der Waals surface area contributed by atoms with Gasteiger partial charge in [-0.2, -0.15) is 0 Å². The second-order valence-electron chi connectivity index (χ2n) is 5.63. The minimum atomic E-state index is 0.0435. The predicted molar refractivity (Wildman–Crippen MR) is 79.6 cm³/mol. The van der Waals surface area contributed by atoms with Crippen molar-refractivity contribution in [2.45, 2.75) is 51.4 Å². The maximum absolute atomic E-state index is 11.9. The molecule has 0 radical (unpaired) electrons. The summed E-state index contributed by atoms with van der Waals surface area (Å²) in [6.45, 7) is 6.33. The molecule has 0 aliphatic carbocycles. The molecule has 0 amide bonds. The van der Waals surface area contributed by atoms with Crippen molar-refractivity contribution in [3.63, 3.8) is 0 Å². The number of rotatable bonds is 5. The van der Waals surface area contributed by atoms with Gasteiger partial charge in [-0.15, -0.1) is 0 Å². The van der Waals surface area contributed by atoms with Crippen LogP contribution in [0.3, 0.4) is 0 Å². The van der Waals surface area contributed by atoms with Crippen molar-refractivity contribution in [1.29, 1.82) is 0 Å². The van der Waals surface area contributed by atoms with Gasteiger partial charge in [-0.25, -0.2) is 0 Å². The van der Waals surface area contributed by atoms with Crippen LogP contribution in [0.15, 0.2) is 24.3 Å². The Morgan fingerprint density at radius 1 is 1.26 bits per heavy atom. The van der Waals surface area contributed by atoms with E-state index in [0.717, 1.165) is 25.1 Å². The van der Waals surface area contributed by atoms with Gasteiger partial charge in [0, 0.05) is 12.3 Å².